The van der Waals surface area contributed by atoms with Crippen molar-refractivity contribution in [2.75, 3.05) is 13.6 Å². The van der Waals surface area contributed by atoms with Crippen molar-refractivity contribution in [3.8, 4) is 22.8 Å². The van der Waals surface area contributed by atoms with E-state index in [2.05, 4.69) is 5.32 Å². The van der Waals surface area contributed by atoms with Gasteiger partial charge in [0.2, 0.25) is 17.0 Å². The van der Waals surface area contributed by atoms with E-state index in [0.29, 0.717) is 46.6 Å². The molecular weight excluding hydrogens is 565 g/mol. The molecule has 1 aliphatic carbocycles. The molecule has 1 saturated carbocycles. The van der Waals surface area contributed by atoms with Gasteiger partial charge in [-0.25, -0.2) is 13.6 Å². The molecule has 220 valence electrons. The fraction of sp³-hybridized carbons (Fsp3) is 0.300. The monoisotopic (exact) mass is 595 g/mol. The normalized spacial score (nSPS) is 13.8. The van der Waals surface area contributed by atoms with Crippen LogP contribution < -0.4 is 10.1 Å². The van der Waals surface area contributed by atoms with Crippen LogP contribution >= 0.6 is 0 Å². The number of unbranched alkanes of at least 4 members (excludes halogenated alkanes) is 1. The zero-order valence-electron chi connectivity index (χ0n) is 22.8. The predicted molar refractivity (Wildman–Crippen MR) is 154 cm³/mol. The van der Waals surface area contributed by atoms with E-state index in [-0.39, 0.29) is 42.8 Å². The average molecular weight is 596 g/mol. The lowest BCUT2D eigenvalue weighted by atomic mass is 10.0. The lowest BCUT2D eigenvalue weighted by molar-refractivity contribution is -0.137. The minimum Gasteiger partial charge on any atom is -0.481 e. The van der Waals surface area contributed by atoms with Gasteiger partial charge in [0.15, 0.2) is 11.6 Å². The largest absolute Gasteiger partial charge is 0.481 e. The number of carboxylic acid groups (broad SMARTS) is 1. The maximum Gasteiger partial charge on any atom is 0.303 e. The number of amides is 1. The number of carbonyl (C=O) groups is 2. The zero-order chi connectivity index (χ0) is 29.8. The molecule has 5 rings (SSSR count). The predicted octanol–water partition coefficient (Wildman–Crippen LogP) is 5.86. The summed E-state index contributed by atoms with van der Waals surface area (Å²) in [7, 11) is 1.53. The third-order valence-corrected chi connectivity index (χ3v) is 7.80. The Morgan fingerprint density at radius 3 is 2.55 bits per heavy atom. The molecule has 0 radical (unpaired) electrons. The third-order valence-electron chi connectivity index (χ3n) is 7.04. The topological polar surface area (TPSA) is 142 Å². The van der Waals surface area contributed by atoms with Crippen LogP contribution in [0, 0.1) is 5.82 Å². The zero-order valence-corrected chi connectivity index (χ0v) is 23.7. The molecule has 10 nitrogen and oxygen atoms in total. The van der Waals surface area contributed by atoms with Crippen molar-refractivity contribution in [3.05, 3.63) is 77.2 Å². The minimum absolute atomic E-state index is 0.0167. The molecule has 1 fully saturated rings. The van der Waals surface area contributed by atoms with Crippen LogP contribution in [0.15, 0.2) is 59.0 Å². The van der Waals surface area contributed by atoms with Gasteiger partial charge in [-0.05, 0) is 79.6 Å². The number of rotatable bonds is 13. The van der Waals surface area contributed by atoms with Gasteiger partial charge in [0.1, 0.15) is 11.5 Å². The first-order valence-corrected chi connectivity index (χ1v) is 14.6. The molecule has 0 saturated heterocycles. The second-order valence-electron chi connectivity index (χ2n) is 10.0. The first-order valence-electron chi connectivity index (χ1n) is 13.5. The highest BCUT2D eigenvalue weighted by molar-refractivity contribution is 7.76. The highest BCUT2D eigenvalue weighted by Crippen LogP contribution is 2.44. The molecule has 1 unspecified atom stereocenters. The second kappa shape index (κ2) is 12.8. The molecule has 0 spiro atoms. The van der Waals surface area contributed by atoms with Gasteiger partial charge in [0.25, 0.3) is 5.91 Å². The summed E-state index contributed by atoms with van der Waals surface area (Å²) in [5.74, 6) is -0.765. The number of para-hydroxylation sites is 1. The lowest BCUT2D eigenvalue weighted by Crippen LogP contribution is -2.27. The van der Waals surface area contributed by atoms with Crippen LogP contribution in [0.25, 0.3) is 22.4 Å². The van der Waals surface area contributed by atoms with Gasteiger partial charge in [-0.3, -0.25) is 14.1 Å². The van der Waals surface area contributed by atoms with E-state index in [4.69, 9.17) is 19.2 Å². The number of halogens is 1. The summed E-state index contributed by atoms with van der Waals surface area (Å²) >= 11 is -2.29. The Hall–Kier alpha value is -4.13. The molecule has 0 aliphatic heterocycles. The van der Waals surface area contributed by atoms with Crippen LogP contribution in [-0.4, -0.2) is 48.6 Å². The molecule has 2 aromatic carbocycles. The van der Waals surface area contributed by atoms with Crippen LogP contribution in [0.2, 0.25) is 0 Å². The number of fused-ring (bicyclic) bond motifs is 1. The lowest BCUT2D eigenvalue weighted by Gasteiger charge is -2.18. The van der Waals surface area contributed by atoms with Gasteiger partial charge in [-0.15, -0.1) is 0 Å². The Balaban J connectivity index is 1.48. The molecule has 1 atom stereocenters. The molecule has 2 aromatic heterocycles. The number of carbonyl (C=O) groups excluding carboxylic acids is 1. The number of nitrogens with zero attached hydrogens (tertiary/aromatic N) is 2. The van der Waals surface area contributed by atoms with Gasteiger partial charge in [-0.1, -0.05) is 12.1 Å². The minimum atomic E-state index is -2.29. The molecule has 2 heterocycles. The van der Waals surface area contributed by atoms with E-state index in [1.807, 2.05) is 6.07 Å². The number of furan rings is 1. The number of hydrogen-bond donors (Lipinski definition) is 3. The van der Waals surface area contributed by atoms with Crippen molar-refractivity contribution < 1.29 is 37.0 Å². The van der Waals surface area contributed by atoms with Gasteiger partial charge in [-0.2, -0.15) is 4.31 Å². The SMILES string of the molecule is CNC(=O)c1c(-c2ccc(Oc3ccccc3F)cc2)oc2nc(CN(CCCCC(=O)O)S(=O)O)c(C3CC3)cc12. The van der Waals surface area contributed by atoms with Crippen molar-refractivity contribution in [1.82, 2.24) is 14.6 Å². The fourth-order valence-electron chi connectivity index (χ4n) is 4.78. The Morgan fingerprint density at radius 2 is 1.90 bits per heavy atom. The Kier molecular flexibility index (Phi) is 8.95. The molecule has 42 heavy (non-hydrogen) atoms. The second-order valence-corrected chi connectivity index (χ2v) is 11.0. The maximum atomic E-state index is 14.0. The molecule has 3 N–H and O–H groups in total. The van der Waals surface area contributed by atoms with Gasteiger partial charge >= 0.3 is 5.97 Å². The van der Waals surface area contributed by atoms with Crippen molar-refractivity contribution >= 4 is 34.2 Å². The summed E-state index contributed by atoms with van der Waals surface area (Å²) in [6.07, 6.45) is 2.67. The van der Waals surface area contributed by atoms with Gasteiger partial charge in [0, 0.05) is 25.6 Å². The third kappa shape index (κ3) is 6.67. The molecule has 0 bridgehead atoms. The first-order chi connectivity index (χ1) is 20.2. The summed E-state index contributed by atoms with van der Waals surface area (Å²) in [4.78, 5) is 28.6. The number of carboxylic acids is 1. The number of ether oxygens (including phenoxy) is 1. The van der Waals surface area contributed by atoms with Gasteiger partial charge < -0.3 is 19.6 Å². The van der Waals surface area contributed by atoms with Crippen molar-refractivity contribution in [1.29, 1.82) is 0 Å². The molecule has 1 amide bonds. The van der Waals surface area contributed by atoms with E-state index < -0.39 is 23.1 Å². The molecular formula is C30H30FN3O7S. The van der Waals surface area contributed by atoms with Crippen molar-refractivity contribution in [3.63, 3.8) is 0 Å². The molecule has 4 aromatic rings. The van der Waals surface area contributed by atoms with Crippen LogP contribution in [0.1, 0.15) is 59.6 Å². The van der Waals surface area contributed by atoms with Crippen LogP contribution in [0.4, 0.5) is 4.39 Å². The van der Waals surface area contributed by atoms with Crippen LogP contribution in [-0.2, 0) is 22.6 Å². The van der Waals surface area contributed by atoms with E-state index in [1.165, 1.54) is 23.5 Å². The summed E-state index contributed by atoms with van der Waals surface area (Å²) in [5, 5.41) is 12.1. The number of nitrogens with one attached hydrogen (secondary N) is 1. The smallest absolute Gasteiger partial charge is 0.303 e. The van der Waals surface area contributed by atoms with Gasteiger partial charge in [0.05, 0.1) is 23.2 Å². The number of pyridine rings is 1. The Labute approximate surface area is 243 Å². The number of hydrogen-bond acceptors (Lipinski definition) is 6. The number of aromatic nitrogens is 1. The first kappa shape index (κ1) is 29.4. The summed E-state index contributed by atoms with van der Waals surface area (Å²) in [6.45, 7) is 0.278. The average Bonchev–Trinajstić information content (AvgIpc) is 3.75. The van der Waals surface area contributed by atoms with E-state index in [0.717, 1.165) is 18.4 Å². The summed E-state index contributed by atoms with van der Waals surface area (Å²) in [5.41, 5.74) is 2.56. The molecule has 12 heteroatoms. The summed E-state index contributed by atoms with van der Waals surface area (Å²) in [6, 6.07) is 14.7. The van der Waals surface area contributed by atoms with E-state index in [1.54, 1.807) is 36.4 Å². The summed E-state index contributed by atoms with van der Waals surface area (Å²) < 4.78 is 49.2. The van der Waals surface area contributed by atoms with E-state index >= 15 is 0 Å². The fourth-order valence-corrected chi connectivity index (χ4v) is 5.29. The number of aliphatic carboxylic acids is 1. The van der Waals surface area contributed by atoms with Crippen LogP contribution in [0.5, 0.6) is 11.5 Å². The highest BCUT2D eigenvalue weighted by atomic mass is 32.2. The Bertz CT molecular complexity index is 1640. The number of benzene rings is 2. The highest BCUT2D eigenvalue weighted by Gasteiger charge is 2.31. The standard InChI is InChI=1S/C30H30FN3O7S/c1-32-29(37)27-22-16-21(18-9-10-18)24(17-34(42(38)39)15-5-4-8-26(35)36)33-30(22)41-28(27)19-11-13-20(14-12-19)40-25-7-3-2-6-23(25)31/h2-3,6-7,11-14,16,18H,4-5,8-10,15,17H2,1H3,(H,32,37)(H,35,36)(H,38,39). The van der Waals surface area contributed by atoms with E-state index in [9.17, 15) is 22.7 Å². The van der Waals surface area contributed by atoms with Crippen LogP contribution in [0.3, 0.4) is 0 Å². The van der Waals surface area contributed by atoms with Crippen molar-refractivity contribution in [2.24, 2.45) is 0 Å². The molecule has 1 aliphatic rings. The quantitative estimate of drug-likeness (QED) is 0.129. The Morgan fingerprint density at radius 1 is 1.17 bits per heavy atom. The maximum absolute atomic E-state index is 14.0. The van der Waals surface area contributed by atoms with Crippen molar-refractivity contribution in [2.45, 2.75) is 44.6 Å².